The van der Waals surface area contributed by atoms with E-state index < -0.39 is 11.7 Å². The van der Waals surface area contributed by atoms with E-state index in [2.05, 4.69) is 10.2 Å². The Bertz CT molecular complexity index is 484. The molecular weight excluding hydrogens is 301 g/mol. The van der Waals surface area contributed by atoms with Crippen molar-refractivity contribution in [1.29, 1.82) is 0 Å². The monoisotopic (exact) mass is 320 g/mol. The van der Waals surface area contributed by atoms with E-state index in [1.165, 1.54) is 18.6 Å². The predicted molar refractivity (Wildman–Crippen MR) is 78.5 cm³/mol. The average molecular weight is 321 g/mol. The van der Waals surface area contributed by atoms with Crippen molar-refractivity contribution in [2.24, 2.45) is 5.41 Å². The first-order valence-corrected chi connectivity index (χ1v) is 7.06. The molecule has 1 spiro atoms. The minimum atomic E-state index is -4.25. The van der Waals surface area contributed by atoms with Gasteiger partial charge in [-0.2, -0.15) is 13.2 Å². The maximum Gasteiger partial charge on any atom is 0.416 e. The van der Waals surface area contributed by atoms with Gasteiger partial charge in [-0.3, -0.25) is 4.90 Å². The quantitative estimate of drug-likeness (QED) is 0.899. The fourth-order valence-corrected chi connectivity index (χ4v) is 3.41. The highest BCUT2D eigenvalue weighted by molar-refractivity contribution is 5.85. The lowest BCUT2D eigenvalue weighted by atomic mass is 9.86. The third-order valence-corrected chi connectivity index (χ3v) is 4.51. The molecule has 3 rings (SSSR count). The molecule has 2 heterocycles. The van der Waals surface area contributed by atoms with Crippen molar-refractivity contribution < 1.29 is 13.2 Å². The molecule has 2 nitrogen and oxygen atoms in total. The molecule has 2 aliphatic rings. The van der Waals surface area contributed by atoms with Crippen molar-refractivity contribution in [1.82, 2.24) is 10.2 Å². The summed E-state index contributed by atoms with van der Waals surface area (Å²) < 4.78 is 38.1. The first kappa shape index (κ1) is 16.6. The van der Waals surface area contributed by atoms with E-state index in [0.717, 1.165) is 44.2 Å². The van der Waals surface area contributed by atoms with Crippen LogP contribution < -0.4 is 5.32 Å². The van der Waals surface area contributed by atoms with Gasteiger partial charge in [0.15, 0.2) is 0 Å². The lowest BCUT2D eigenvalue weighted by Crippen LogP contribution is -2.29. The number of benzene rings is 1. The van der Waals surface area contributed by atoms with Gasteiger partial charge in [0.1, 0.15) is 0 Å². The second kappa shape index (κ2) is 6.15. The topological polar surface area (TPSA) is 15.3 Å². The van der Waals surface area contributed by atoms with Crippen LogP contribution in [-0.4, -0.2) is 31.1 Å². The van der Waals surface area contributed by atoms with E-state index >= 15 is 0 Å². The summed E-state index contributed by atoms with van der Waals surface area (Å²) in [4.78, 5) is 2.28. The predicted octanol–water partition coefficient (Wildman–Crippen LogP) is 3.31. The second-order valence-electron chi connectivity index (χ2n) is 6.09. The molecule has 0 saturated carbocycles. The minimum absolute atomic E-state index is 0. The Morgan fingerprint density at radius 2 is 2.05 bits per heavy atom. The Kier molecular flexibility index (Phi) is 4.85. The number of hydrogen-bond acceptors (Lipinski definition) is 2. The van der Waals surface area contributed by atoms with Crippen molar-refractivity contribution in [3.05, 3.63) is 35.4 Å². The van der Waals surface area contributed by atoms with Crippen LogP contribution in [0.15, 0.2) is 24.3 Å². The molecule has 1 unspecified atom stereocenters. The Morgan fingerprint density at radius 3 is 2.71 bits per heavy atom. The average Bonchev–Trinajstić information content (AvgIpc) is 3.00. The van der Waals surface area contributed by atoms with Gasteiger partial charge in [-0.1, -0.05) is 18.2 Å². The number of rotatable bonds is 2. The molecule has 1 N–H and O–H groups in total. The van der Waals surface area contributed by atoms with E-state index in [0.29, 0.717) is 12.0 Å². The van der Waals surface area contributed by atoms with Crippen LogP contribution in [0.5, 0.6) is 0 Å². The SMILES string of the molecule is Cl.FC(F)(F)c1cccc(CN2CCC3(CCNC3)C2)c1. The molecular formula is C15H20ClF3N2. The Hall–Kier alpha value is -0.780. The van der Waals surface area contributed by atoms with Gasteiger partial charge >= 0.3 is 6.18 Å². The maximum atomic E-state index is 12.7. The largest absolute Gasteiger partial charge is 0.416 e. The van der Waals surface area contributed by atoms with Crippen molar-refractivity contribution in [2.45, 2.75) is 25.6 Å². The van der Waals surface area contributed by atoms with Crippen LogP contribution >= 0.6 is 12.4 Å². The summed E-state index contributed by atoms with van der Waals surface area (Å²) >= 11 is 0. The first-order chi connectivity index (χ1) is 9.47. The molecule has 0 aromatic heterocycles. The van der Waals surface area contributed by atoms with Gasteiger partial charge in [-0.15, -0.1) is 12.4 Å². The van der Waals surface area contributed by atoms with Gasteiger partial charge in [0.25, 0.3) is 0 Å². The van der Waals surface area contributed by atoms with Gasteiger partial charge in [0.2, 0.25) is 0 Å². The summed E-state index contributed by atoms with van der Waals surface area (Å²) in [6, 6.07) is 5.70. The zero-order valence-electron chi connectivity index (χ0n) is 11.7. The molecule has 1 aromatic carbocycles. The molecule has 1 aromatic rings. The molecule has 21 heavy (non-hydrogen) atoms. The van der Waals surface area contributed by atoms with Crippen molar-refractivity contribution in [3.63, 3.8) is 0 Å². The van der Waals surface area contributed by atoms with Crippen LogP contribution in [0.2, 0.25) is 0 Å². The molecule has 2 saturated heterocycles. The summed E-state index contributed by atoms with van der Waals surface area (Å²) in [5.74, 6) is 0. The zero-order chi connectivity index (χ0) is 14.2. The summed E-state index contributed by atoms with van der Waals surface area (Å²) in [5.41, 5.74) is 0.566. The summed E-state index contributed by atoms with van der Waals surface area (Å²) in [6.45, 7) is 4.71. The number of likely N-dealkylation sites (tertiary alicyclic amines) is 1. The molecule has 0 aliphatic carbocycles. The van der Waals surface area contributed by atoms with Crippen LogP contribution in [0.4, 0.5) is 13.2 Å². The van der Waals surface area contributed by atoms with E-state index in [1.807, 2.05) is 0 Å². The number of nitrogens with zero attached hydrogens (tertiary/aromatic N) is 1. The summed E-state index contributed by atoms with van der Waals surface area (Å²) in [7, 11) is 0. The van der Waals surface area contributed by atoms with Crippen molar-refractivity contribution in [3.8, 4) is 0 Å². The van der Waals surface area contributed by atoms with Gasteiger partial charge < -0.3 is 5.32 Å². The highest BCUT2D eigenvalue weighted by Gasteiger charge is 2.40. The molecule has 0 bridgehead atoms. The number of hydrogen-bond donors (Lipinski definition) is 1. The second-order valence-corrected chi connectivity index (χ2v) is 6.09. The smallest absolute Gasteiger partial charge is 0.316 e. The van der Waals surface area contributed by atoms with Gasteiger partial charge in [0, 0.05) is 19.6 Å². The van der Waals surface area contributed by atoms with E-state index in [9.17, 15) is 13.2 Å². The Labute approximate surface area is 129 Å². The van der Waals surface area contributed by atoms with Crippen LogP contribution in [0.1, 0.15) is 24.0 Å². The highest BCUT2D eigenvalue weighted by atomic mass is 35.5. The van der Waals surface area contributed by atoms with Crippen LogP contribution in [-0.2, 0) is 12.7 Å². The van der Waals surface area contributed by atoms with E-state index in [-0.39, 0.29) is 12.4 Å². The summed E-state index contributed by atoms with van der Waals surface area (Å²) in [6.07, 6.45) is -1.91. The molecule has 6 heteroatoms. The molecule has 2 aliphatic heterocycles. The Balaban J connectivity index is 0.00000161. The third-order valence-electron chi connectivity index (χ3n) is 4.51. The molecule has 0 radical (unpaired) electrons. The third kappa shape index (κ3) is 3.71. The normalized spacial score (nSPS) is 26.2. The van der Waals surface area contributed by atoms with E-state index in [1.54, 1.807) is 6.07 Å². The summed E-state index contributed by atoms with van der Waals surface area (Å²) in [5, 5.41) is 3.39. The van der Waals surface area contributed by atoms with Gasteiger partial charge in [-0.05, 0) is 43.0 Å². The molecule has 1 atom stereocenters. The fraction of sp³-hybridized carbons (Fsp3) is 0.600. The van der Waals surface area contributed by atoms with Crippen LogP contribution in [0.25, 0.3) is 0 Å². The van der Waals surface area contributed by atoms with Gasteiger partial charge in [0.05, 0.1) is 5.56 Å². The zero-order valence-corrected chi connectivity index (χ0v) is 12.6. The molecule has 2 fully saturated rings. The number of alkyl halides is 3. The molecule has 0 amide bonds. The number of halogens is 4. The van der Waals surface area contributed by atoms with Crippen LogP contribution in [0, 0.1) is 5.41 Å². The molecule has 118 valence electrons. The fourth-order valence-electron chi connectivity index (χ4n) is 3.41. The Morgan fingerprint density at radius 1 is 1.24 bits per heavy atom. The minimum Gasteiger partial charge on any atom is -0.316 e. The lowest BCUT2D eigenvalue weighted by molar-refractivity contribution is -0.137. The standard InChI is InChI=1S/C15H19F3N2.ClH/c16-15(17,18)13-3-1-2-12(8-13)9-20-7-5-14(11-20)4-6-19-10-14;/h1-3,8,19H,4-7,9-11H2;1H. The van der Waals surface area contributed by atoms with E-state index in [4.69, 9.17) is 0 Å². The first-order valence-electron chi connectivity index (χ1n) is 7.06. The lowest BCUT2D eigenvalue weighted by Gasteiger charge is -2.23. The van der Waals surface area contributed by atoms with Crippen molar-refractivity contribution in [2.75, 3.05) is 26.2 Å². The van der Waals surface area contributed by atoms with Crippen LogP contribution in [0.3, 0.4) is 0 Å². The maximum absolute atomic E-state index is 12.7. The number of nitrogens with one attached hydrogen (secondary N) is 1. The van der Waals surface area contributed by atoms with Crippen molar-refractivity contribution >= 4 is 12.4 Å². The van der Waals surface area contributed by atoms with Gasteiger partial charge in [-0.25, -0.2) is 0 Å². The highest BCUT2D eigenvalue weighted by Crippen LogP contribution is 2.37.